The topological polar surface area (TPSA) is 101 Å². The molecule has 5 rings (SSSR count). The smallest absolute Gasteiger partial charge is 0.245 e. The van der Waals surface area contributed by atoms with Crippen molar-refractivity contribution in [2.45, 2.75) is 6.54 Å². The number of nitrogens with one attached hydrogen (secondary N) is 2. The Bertz CT molecular complexity index is 1430. The molecule has 0 atom stereocenters. The van der Waals surface area contributed by atoms with Crippen LogP contribution in [0.5, 0.6) is 0 Å². The first-order chi connectivity index (χ1) is 17.4. The van der Waals surface area contributed by atoms with Gasteiger partial charge in [0.25, 0.3) is 0 Å². The van der Waals surface area contributed by atoms with Crippen molar-refractivity contribution in [1.29, 1.82) is 0 Å². The van der Waals surface area contributed by atoms with Gasteiger partial charge in [-0.3, -0.25) is 0 Å². The van der Waals surface area contributed by atoms with Gasteiger partial charge in [-0.15, -0.1) is 5.10 Å². The van der Waals surface area contributed by atoms with Gasteiger partial charge < -0.3 is 20.3 Å². The van der Waals surface area contributed by atoms with E-state index in [-0.39, 0.29) is 5.75 Å². The van der Waals surface area contributed by atoms with Crippen LogP contribution in [0.3, 0.4) is 0 Å². The molecule has 36 heavy (non-hydrogen) atoms. The van der Waals surface area contributed by atoms with Gasteiger partial charge in [-0.25, -0.2) is 17.9 Å². The molecule has 0 amide bonds. The number of benzene rings is 2. The molecule has 188 valence electrons. The fraction of sp³-hybridized carbons (Fsp3) is 0.308. The van der Waals surface area contributed by atoms with E-state index in [1.807, 2.05) is 47.0 Å². The monoisotopic (exact) mass is 506 g/mol. The number of hydrogen-bond donors (Lipinski definition) is 2. The van der Waals surface area contributed by atoms with Gasteiger partial charge in [-0.2, -0.15) is 0 Å². The zero-order chi connectivity index (χ0) is 25.0. The second-order valence-electron chi connectivity index (χ2n) is 8.92. The van der Waals surface area contributed by atoms with Gasteiger partial charge in [0.1, 0.15) is 9.84 Å². The molecule has 1 aliphatic rings. The third-order valence-electron chi connectivity index (χ3n) is 6.10. The number of rotatable bonds is 9. The van der Waals surface area contributed by atoms with Crippen LogP contribution in [0, 0.1) is 0 Å². The summed E-state index contributed by atoms with van der Waals surface area (Å²) in [6.45, 7) is 4.34. The first-order valence-electron chi connectivity index (χ1n) is 12.0. The minimum absolute atomic E-state index is 0.124. The number of ether oxygens (including phenoxy) is 1. The van der Waals surface area contributed by atoms with Gasteiger partial charge in [0.05, 0.1) is 36.4 Å². The summed E-state index contributed by atoms with van der Waals surface area (Å²) < 4.78 is 30.0. The number of sulfone groups is 1. The molecular weight excluding hydrogens is 476 g/mol. The highest BCUT2D eigenvalue weighted by atomic mass is 32.2. The Morgan fingerprint density at radius 1 is 1.03 bits per heavy atom. The Balaban J connectivity index is 1.30. The second kappa shape index (κ2) is 10.7. The molecule has 4 aromatic rings. The van der Waals surface area contributed by atoms with Gasteiger partial charge >= 0.3 is 0 Å². The fourth-order valence-corrected chi connectivity index (χ4v) is 4.73. The van der Waals surface area contributed by atoms with E-state index in [1.54, 1.807) is 6.20 Å². The molecule has 2 N–H and O–H groups in total. The molecule has 9 nitrogen and oxygen atoms in total. The molecule has 1 saturated heterocycles. The largest absolute Gasteiger partial charge is 0.378 e. The quantitative estimate of drug-likeness (QED) is 0.334. The summed E-state index contributed by atoms with van der Waals surface area (Å²) in [5, 5.41) is 11.2. The van der Waals surface area contributed by atoms with Gasteiger partial charge in [0.15, 0.2) is 0 Å². The van der Waals surface area contributed by atoms with Crippen LogP contribution in [-0.2, 0) is 21.1 Å². The van der Waals surface area contributed by atoms with Crippen LogP contribution in [0.2, 0.25) is 0 Å². The van der Waals surface area contributed by atoms with Crippen LogP contribution in [-0.4, -0.2) is 67.9 Å². The van der Waals surface area contributed by atoms with E-state index < -0.39 is 9.84 Å². The Hall–Kier alpha value is -3.47. The average Bonchev–Trinajstić information content (AvgIpc) is 3.31. The van der Waals surface area contributed by atoms with Crippen molar-refractivity contribution in [2.24, 2.45) is 0 Å². The minimum Gasteiger partial charge on any atom is -0.378 e. The molecule has 10 heteroatoms. The van der Waals surface area contributed by atoms with Gasteiger partial charge in [-0.1, -0.05) is 18.2 Å². The van der Waals surface area contributed by atoms with Crippen molar-refractivity contribution in [3.8, 4) is 11.3 Å². The molecule has 2 aromatic carbocycles. The zero-order valence-electron chi connectivity index (χ0n) is 20.2. The van der Waals surface area contributed by atoms with E-state index in [0.29, 0.717) is 19.0 Å². The lowest BCUT2D eigenvalue weighted by molar-refractivity contribution is 0.122. The maximum atomic E-state index is 11.3. The first-order valence-corrected chi connectivity index (χ1v) is 14.0. The molecule has 0 saturated carbocycles. The summed E-state index contributed by atoms with van der Waals surface area (Å²) in [5.74, 6) is 0.635. The van der Waals surface area contributed by atoms with Crippen molar-refractivity contribution in [2.75, 3.05) is 55.1 Å². The van der Waals surface area contributed by atoms with Gasteiger partial charge in [0, 0.05) is 49.4 Å². The lowest BCUT2D eigenvalue weighted by Crippen LogP contribution is -2.36. The SMILES string of the molecule is CS(=O)(=O)CCNCc1cccc(-c2ccc3cnc(Nc4ccc(N5CCOCC5)cc4)nn23)c1. The number of nitrogens with zero attached hydrogens (tertiary/aromatic N) is 4. The molecule has 0 spiro atoms. The number of morpholine rings is 1. The van der Waals surface area contributed by atoms with Gasteiger partial charge in [-0.05, 0) is 48.0 Å². The normalized spacial score (nSPS) is 14.3. The fourth-order valence-electron chi connectivity index (χ4n) is 4.21. The number of hydrogen-bond acceptors (Lipinski definition) is 8. The molecule has 1 aliphatic heterocycles. The molecule has 3 heterocycles. The molecular formula is C26H30N6O3S. The number of fused-ring (bicyclic) bond motifs is 1. The van der Waals surface area contributed by atoms with E-state index in [9.17, 15) is 8.42 Å². The average molecular weight is 507 g/mol. The van der Waals surface area contributed by atoms with E-state index in [1.165, 1.54) is 11.9 Å². The summed E-state index contributed by atoms with van der Waals surface area (Å²) in [6, 6.07) is 20.5. The third-order valence-corrected chi connectivity index (χ3v) is 7.05. The van der Waals surface area contributed by atoms with Crippen molar-refractivity contribution in [1.82, 2.24) is 19.9 Å². The highest BCUT2D eigenvalue weighted by Crippen LogP contribution is 2.24. The van der Waals surface area contributed by atoms with Crippen LogP contribution in [0.4, 0.5) is 17.3 Å². The second-order valence-corrected chi connectivity index (χ2v) is 11.2. The predicted octanol–water partition coefficient (Wildman–Crippen LogP) is 3.11. The van der Waals surface area contributed by atoms with Crippen LogP contribution < -0.4 is 15.5 Å². The van der Waals surface area contributed by atoms with Crippen molar-refractivity contribution in [3.63, 3.8) is 0 Å². The molecule has 0 bridgehead atoms. The van der Waals surface area contributed by atoms with E-state index >= 15 is 0 Å². The lowest BCUT2D eigenvalue weighted by Gasteiger charge is -2.28. The highest BCUT2D eigenvalue weighted by molar-refractivity contribution is 7.90. The van der Waals surface area contributed by atoms with Crippen molar-refractivity contribution >= 4 is 32.7 Å². The van der Waals surface area contributed by atoms with Crippen LogP contribution in [0.15, 0.2) is 66.9 Å². The summed E-state index contributed by atoms with van der Waals surface area (Å²) >= 11 is 0. The first kappa shape index (κ1) is 24.2. The van der Waals surface area contributed by atoms with Gasteiger partial charge in [0.2, 0.25) is 5.95 Å². The van der Waals surface area contributed by atoms with Crippen LogP contribution in [0.1, 0.15) is 5.56 Å². The predicted molar refractivity (Wildman–Crippen MR) is 143 cm³/mol. The van der Waals surface area contributed by atoms with Crippen molar-refractivity contribution in [3.05, 3.63) is 72.4 Å². The summed E-state index contributed by atoms with van der Waals surface area (Å²) in [5.41, 5.74) is 6.05. The lowest BCUT2D eigenvalue weighted by atomic mass is 10.1. The molecule has 0 unspecified atom stereocenters. The zero-order valence-corrected chi connectivity index (χ0v) is 21.0. The highest BCUT2D eigenvalue weighted by Gasteiger charge is 2.12. The Kier molecular flexibility index (Phi) is 7.17. The number of anilines is 3. The third kappa shape index (κ3) is 6.01. The van der Waals surface area contributed by atoms with Crippen LogP contribution in [0.25, 0.3) is 16.8 Å². The number of aromatic nitrogens is 3. The van der Waals surface area contributed by atoms with Crippen LogP contribution >= 0.6 is 0 Å². The maximum absolute atomic E-state index is 11.3. The molecule has 2 aromatic heterocycles. The van der Waals surface area contributed by atoms with Crippen molar-refractivity contribution < 1.29 is 13.2 Å². The summed E-state index contributed by atoms with van der Waals surface area (Å²) in [6.07, 6.45) is 3.05. The Labute approximate surface area is 211 Å². The standard InChI is InChI=1S/C26H30N6O3S/c1-36(33,34)16-11-27-18-20-3-2-4-21(17-20)25-10-9-24-19-28-26(30-32(24)25)29-22-5-7-23(8-6-22)31-12-14-35-15-13-31/h2-10,17,19,27H,11-16,18H2,1H3,(H,29,30). The van der Waals surface area contributed by atoms with E-state index in [2.05, 4.69) is 38.7 Å². The summed E-state index contributed by atoms with van der Waals surface area (Å²) in [4.78, 5) is 6.80. The minimum atomic E-state index is -2.97. The molecule has 1 fully saturated rings. The maximum Gasteiger partial charge on any atom is 0.245 e. The summed E-state index contributed by atoms with van der Waals surface area (Å²) in [7, 11) is -2.97. The van der Waals surface area contributed by atoms with E-state index in [0.717, 1.165) is 54.3 Å². The molecule has 0 radical (unpaired) electrons. The Morgan fingerprint density at radius 3 is 2.61 bits per heavy atom. The van der Waals surface area contributed by atoms with E-state index in [4.69, 9.17) is 9.84 Å². The Morgan fingerprint density at radius 2 is 1.83 bits per heavy atom. The molecule has 0 aliphatic carbocycles.